The van der Waals surface area contributed by atoms with E-state index in [1.807, 2.05) is 41.3 Å². The molecule has 0 saturated carbocycles. The lowest BCUT2D eigenvalue weighted by Crippen LogP contribution is -2.31. The molecule has 2 rings (SSSR count). The molecular weight excluding hydrogens is 318 g/mol. The highest BCUT2D eigenvalue weighted by Gasteiger charge is 2.18. The Kier molecular flexibility index (Phi) is 5.89. The highest BCUT2D eigenvalue weighted by molar-refractivity contribution is 7.92. The number of nitrogens with one attached hydrogen (secondary N) is 1. The van der Waals surface area contributed by atoms with Gasteiger partial charge in [-0.05, 0) is 11.6 Å². The van der Waals surface area contributed by atoms with Crippen molar-refractivity contribution in [3.63, 3.8) is 0 Å². The van der Waals surface area contributed by atoms with Crippen LogP contribution in [0.3, 0.4) is 0 Å². The van der Waals surface area contributed by atoms with Crippen LogP contribution in [0.15, 0.2) is 42.6 Å². The van der Waals surface area contributed by atoms with Gasteiger partial charge in [-0.15, -0.1) is 0 Å². The zero-order valence-electron chi connectivity index (χ0n) is 12.6. The van der Waals surface area contributed by atoms with Crippen molar-refractivity contribution in [3.05, 3.63) is 53.9 Å². The van der Waals surface area contributed by atoms with Crippen molar-refractivity contribution in [3.8, 4) is 0 Å². The first-order chi connectivity index (χ1) is 10.9. The number of aromatic amines is 1. The molecule has 0 saturated heterocycles. The summed E-state index contributed by atoms with van der Waals surface area (Å²) in [4.78, 5) is 12.5. The fourth-order valence-corrected chi connectivity index (χ4v) is 3.25. The average molecular weight is 337 g/mol. The number of benzene rings is 1. The van der Waals surface area contributed by atoms with Crippen molar-refractivity contribution in [2.45, 2.75) is 13.1 Å². The maximum Gasteiger partial charge on any atom is 0.318 e. The second kappa shape index (κ2) is 7.89. The Bertz CT molecular complexity index is 714. The number of carboxylic acid groups (broad SMARTS) is 1. The Morgan fingerprint density at radius 3 is 2.52 bits per heavy atom. The molecule has 1 aromatic carbocycles. The molecule has 2 aromatic rings. The molecule has 0 unspecified atom stereocenters. The zero-order chi connectivity index (χ0) is 16.7. The van der Waals surface area contributed by atoms with Gasteiger partial charge < -0.3 is 5.11 Å². The van der Waals surface area contributed by atoms with Gasteiger partial charge in [-0.25, -0.2) is 8.42 Å². The number of hydrogen-bond acceptors (Lipinski definition) is 5. The summed E-state index contributed by atoms with van der Waals surface area (Å²) in [5.74, 6) is -2.36. The molecule has 1 aromatic heterocycles. The molecule has 0 aliphatic rings. The summed E-state index contributed by atoms with van der Waals surface area (Å²) in [5, 5.41) is 15.4. The maximum atomic E-state index is 11.8. The third-order valence-electron chi connectivity index (χ3n) is 3.26. The molecule has 0 radical (unpaired) electrons. The molecule has 1 heterocycles. The predicted molar refractivity (Wildman–Crippen MR) is 85.4 cm³/mol. The van der Waals surface area contributed by atoms with Gasteiger partial charge in [0.05, 0.1) is 5.75 Å². The van der Waals surface area contributed by atoms with Crippen molar-refractivity contribution in [2.75, 3.05) is 18.1 Å². The topological polar surface area (TPSA) is 103 Å². The summed E-state index contributed by atoms with van der Waals surface area (Å²) in [7, 11) is -3.61. The number of carboxylic acids is 1. The van der Waals surface area contributed by atoms with Crippen molar-refractivity contribution in [2.24, 2.45) is 0 Å². The lowest BCUT2D eigenvalue weighted by atomic mass is 10.2. The normalized spacial score (nSPS) is 11.7. The lowest BCUT2D eigenvalue weighted by molar-refractivity contribution is -0.134. The number of carbonyl (C=O) groups is 1. The van der Waals surface area contributed by atoms with Gasteiger partial charge >= 0.3 is 5.97 Å². The van der Waals surface area contributed by atoms with Gasteiger partial charge in [0.25, 0.3) is 0 Å². The van der Waals surface area contributed by atoms with Gasteiger partial charge in [0.1, 0.15) is 5.75 Å². The Hall–Kier alpha value is -2.19. The molecule has 23 heavy (non-hydrogen) atoms. The van der Waals surface area contributed by atoms with Crippen LogP contribution in [0.1, 0.15) is 11.3 Å². The van der Waals surface area contributed by atoms with Gasteiger partial charge in [-0.2, -0.15) is 5.10 Å². The van der Waals surface area contributed by atoms with Gasteiger partial charge in [-0.1, -0.05) is 30.3 Å². The first-order valence-corrected chi connectivity index (χ1v) is 8.93. The van der Waals surface area contributed by atoms with Crippen LogP contribution >= 0.6 is 0 Å². The minimum absolute atomic E-state index is 0.194. The largest absolute Gasteiger partial charge is 0.480 e. The SMILES string of the molecule is O=C(O)CS(=O)(=O)CCN(Cc1ccccc1)Cc1ccn[nH]1. The molecule has 7 nitrogen and oxygen atoms in total. The van der Waals surface area contributed by atoms with Crippen LogP contribution in [0, 0.1) is 0 Å². The van der Waals surface area contributed by atoms with E-state index in [4.69, 9.17) is 5.11 Å². The number of rotatable bonds is 9. The van der Waals surface area contributed by atoms with Crippen LogP contribution < -0.4 is 0 Å². The first kappa shape index (κ1) is 17.2. The van der Waals surface area contributed by atoms with E-state index < -0.39 is 21.6 Å². The van der Waals surface area contributed by atoms with Gasteiger partial charge in [0.15, 0.2) is 9.84 Å². The first-order valence-electron chi connectivity index (χ1n) is 7.11. The minimum atomic E-state index is -3.61. The van der Waals surface area contributed by atoms with Gasteiger partial charge in [0.2, 0.25) is 0 Å². The zero-order valence-corrected chi connectivity index (χ0v) is 13.4. The van der Waals surface area contributed by atoms with Crippen LogP contribution in [0.25, 0.3) is 0 Å². The Morgan fingerprint density at radius 2 is 1.91 bits per heavy atom. The minimum Gasteiger partial charge on any atom is -0.480 e. The van der Waals surface area contributed by atoms with Crippen molar-refractivity contribution < 1.29 is 18.3 Å². The second-order valence-corrected chi connectivity index (χ2v) is 7.45. The van der Waals surface area contributed by atoms with Crippen LogP contribution in [-0.2, 0) is 27.7 Å². The number of sulfone groups is 1. The number of H-pyrrole nitrogens is 1. The third-order valence-corrected chi connectivity index (χ3v) is 4.75. The summed E-state index contributed by atoms with van der Waals surface area (Å²) in [6.45, 7) is 1.34. The van der Waals surface area contributed by atoms with E-state index in [1.54, 1.807) is 6.20 Å². The van der Waals surface area contributed by atoms with E-state index >= 15 is 0 Å². The lowest BCUT2D eigenvalue weighted by Gasteiger charge is -2.21. The molecule has 0 fully saturated rings. The Labute approximate surface area is 134 Å². The molecule has 2 N–H and O–H groups in total. The number of hydrogen-bond donors (Lipinski definition) is 2. The Morgan fingerprint density at radius 1 is 1.17 bits per heavy atom. The third kappa shape index (κ3) is 6.21. The molecule has 0 aliphatic carbocycles. The fourth-order valence-electron chi connectivity index (χ4n) is 2.20. The molecule has 8 heteroatoms. The van der Waals surface area contributed by atoms with Crippen molar-refractivity contribution >= 4 is 15.8 Å². The molecule has 0 bridgehead atoms. The number of aromatic nitrogens is 2. The highest BCUT2D eigenvalue weighted by atomic mass is 32.2. The van der Waals surface area contributed by atoms with Crippen LogP contribution in [0.4, 0.5) is 0 Å². The molecule has 0 spiro atoms. The molecule has 0 amide bonds. The second-order valence-electron chi connectivity index (χ2n) is 5.26. The van der Waals surface area contributed by atoms with Crippen molar-refractivity contribution in [1.82, 2.24) is 15.1 Å². The van der Waals surface area contributed by atoms with Gasteiger partial charge in [-0.3, -0.25) is 14.8 Å². The number of aliphatic carboxylic acids is 1. The smallest absolute Gasteiger partial charge is 0.318 e. The summed E-state index contributed by atoms with van der Waals surface area (Å²) >= 11 is 0. The molecular formula is C15H19N3O4S. The molecule has 0 aliphatic heterocycles. The monoisotopic (exact) mass is 337 g/mol. The van der Waals surface area contributed by atoms with Crippen LogP contribution in [0.5, 0.6) is 0 Å². The summed E-state index contributed by atoms with van der Waals surface area (Å²) in [5.41, 5.74) is 1.93. The Balaban J connectivity index is 2.02. The average Bonchev–Trinajstić information content (AvgIpc) is 2.98. The fraction of sp³-hybridized carbons (Fsp3) is 0.333. The van der Waals surface area contributed by atoms with Crippen LogP contribution in [0.2, 0.25) is 0 Å². The standard InChI is InChI=1S/C15H19N3O4S/c19-15(20)12-23(21,22)9-8-18(11-14-6-7-16-17-14)10-13-4-2-1-3-5-13/h1-7H,8-12H2,(H,16,17)(H,19,20). The summed E-state index contributed by atoms with van der Waals surface area (Å²) < 4.78 is 23.5. The predicted octanol–water partition coefficient (Wildman–Crippen LogP) is 0.911. The van der Waals surface area contributed by atoms with Crippen LogP contribution in [-0.4, -0.2) is 52.6 Å². The highest BCUT2D eigenvalue weighted by Crippen LogP contribution is 2.09. The van der Waals surface area contributed by atoms with E-state index in [1.165, 1.54) is 0 Å². The number of nitrogens with zero attached hydrogens (tertiary/aromatic N) is 2. The van der Waals surface area contributed by atoms with E-state index in [-0.39, 0.29) is 12.3 Å². The van der Waals surface area contributed by atoms with Gasteiger partial charge in [0, 0.05) is 31.5 Å². The van der Waals surface area contributed by atoms with Crippen molar-refractivity contribution in [1.29, 1.82) is 0 Å². The van der Waals surface area contributed by atoms with E-state index in [9.17, 15) is 13.2 Å². The molecule has 0 atom stereocenters. The quantitative estimate of drug-likeness (QED) is 0.705. The van der Waals surface area contributed by atoms with E-state index in [0.717, 1.165) is 11.3 Å². The summed E-state index contributed by atoms with van der Waals surface area (Å²) in [6, 6.07) is 11.5. The summed E-state index contributed by atoms with van der Waals surface area (Å²) in [6.07, 6.45) is 1.64. The maximum absolute atomic E-state index is 11.8. The van der Waals surface area contributed by atoms with E-state index in [0.29, 0.717) is 13.1 Å². The molecule has 124 valence electrons. The van der Waals surface area contributed by atoms with E-state index in [2.05, 4.69) is 10.2 Å².